The molecule has 0 aromatic heterocycles. The summed E-state index contributed by atoms with van der Waals surface area (Å²) in [6.45, 7) is 1.79. The fourth-order valence-electron chi connectivity index (χ4n) is 0.966. The van der Waals surface area contributed by atoms with Crippen LogP contribution in [0.25, 0.3) is 0 Å². The van der Waals surface area contributed by atoms with Crippen molar-refractivity contribution >= 4 is 19.7 Å². The summed E-state index contributed by atoms with van der Waals surface area (Å²) < 4.78 is 34.6. The fourth-order valence-corrected chi connectivity index (χ4v) is 1.73. The number of rotatable bonds is 2. The van der Waals surface area contributed by atoms with Crippen LogP contribution < -0.4 is 0 Å². The molecule has 1 aromatic rings. The zero-order valence-electron chi connectivity index (χ0n) is 6.92. The molecular formula is C8H8ClFO2S. The summed E-state index contributed by atoms with van der Waals surface area (Å²) in [4.78, 5) is -0.205. The fraction of sp³-hybridized carbons (Fsp3) is 0.250. The summed E-state index contributed by atoms with van der Waals surface area (Å²) in [7, 11) is 1.21. The average Bonchev–Trinajstić information content (AvgIpc) is 2.02. The molecule has 0 atom stereocenters. The van der Waals surface area contributed by atoms with Crippen LogP contribution >= 0.6 is 10.7 Å². The van der Waals surface area contributed by atoms with Crippen LogP contribution in [0.5, 0.6) is 0 Å². The van der Waals surface area contributed by atoms with Gasteiger partial charge < -0.3 is 0 Å². The van der Waals surface area contributed by atoms with Gasteiger partial charge in [-0.15, -0.1) is 0 Å². The number of benzene rings is 1. The number of aryl methyl sites for hydroxylation is 1. The Morgan fingerprint density at radius 3 is 2.46 bits per heavy atom. The van der Waals surface area contributed by atoms with Crippen LogP contribution in [0.1, 0.15) is 12.5 Å². The Morgan fingerprint density at radius 1 is 1.46 bits per heavy atom. The molecule has 2 nitrogen and oxygen atoms in total. The highest BCUT2D eigenvalue weighted by Crippen LogP contribution is 2.18. The van der Waals surface area contributed by atoms with Gasteiger partial charge in [0.2, 0.25) is 0 Å². The highest BCUT2D eigenvalue weighted by atomic mass is 35.7. The standard InChI is InChI=1S/C8H8ClFO2S/c1-2-6-3-4-7(5-8(6)10)13(9,11)12/h3-5H,2H2,1H3. The zero-order chi connectivity index (χ0) is 10.1. The third-order valence-electron chi connectivity index (χ3n) is 1.69. The van der Waals surface area contributed by atoms with Gasteiger partial charge in [0, 0.05) is 10.7 Å². The lowest BCUT2D eigenvalue weighted by molar-refractivity contribution is 0.596. The summed E-state index contributed by atoms with van der Waals surface area (Å²) in [5, 5.41) is 0. The van der Waals surface area contributed by atoms with Crippen molar-refractivity contribution in [3.63, 3.8) is 0 Å². The minimum Gasteiger partial charge on any atom is -0.207 e. The van der Waals surface area contributed by atoms with Crippen LogP contribution in [0.2, 0.25) is 0 Å². The van der Waals surface area contributed by atoms with Gasteiger partial charge in [0.15, 0.2) is 0 Å². The smallest absolute Gasteiger partial charge is 0.207 e. The first-order valence-corrected chi connectivity index (χ1v) is 5.99. The van der Waals surface area contributed by atoms with Crippen molar-refractivity contribution in [1.29, 1.82) is 0 Å². The molecular weight excluding hydrogens is 215 g/mol. The minimum atomic E-state index is -3.82. The van der Waals surface area contributed by atoms with Gasteiger partial charge in [-0.2, -0.15) is 0 Å². The maximum atomic E-state index is 13.1. The van der Waals surface area contributed by atoms with E-state index in [0.717, 1.165) is 6.07 Å². The number of hydrogen-bond donors (Lipinski definition) is 0. The van der Waals surface area contributed by atoms with E-state index >= 15 is 0 Å². The molecule has 0 aliphatic carbocycles. The van der Waals surface area contributed by atoms with Crippen molar-refractivity contribution < 1.29 is 12.8 Å². The third kappa shape index (κ3) is 2.42. The first-order valence-electron chi connectivity index (χ1n) is 3.68. The molecule has 0 radical (unpaired) electrons. The summed E-state index contributed by atoms with van der Waals surface area (Å²) in [5.41, 5.74) is 0.476. The molecule has 0 spiro atoms. The van der Waals surface area contributed by atoms with E-state index in [1.807, 2.05) is 0 Å². The molecule has 0 bridgehead atoms. The third-order valence-corrected chi connectivity index (χ3v) is 3.04. The Bertz CT molecular complexity index is 414. The normalized spacial score (nSPS) is 11.6. The minimum absolute atomic E-state index is 0.205. The largest absolute Gasteiger partial charge is 0.261 e. The van der Waals surface area contributed by atoms with E-state index in [2.05, 4.69) is 0 Å². The summed E-state index contributed by atoms with van der Waals surface area (Å²) in [6.07, 6.45) is 0.522. The molecule has 0 unspecified atom stereocenters. The quantitative estimate of drug-likeness (QED) is 0.720. The van der Waals surface area contributed by atoms with Crippen LogP contribution in [-0.4, -0.2) is 8.42 Å². The topological polar surface area (TPSA) is 34.1 Å². The lowest BCUT2D eigenvalue weighted by Gasteiger charge is -2.00. The van der Waals surface area contributed by atoms with Gasteiger partial charge in [0.05, 0.1) is 4.90 Å². The molecule has 5 heteroatoms. The molecule has 0 aliphatic heterocycles. The van der Waals surface area contributed by atoms with E-state index in [1.165, 1.54) is 12.1 Å². The lowest BCUT2D eigenvalue weighted by Crippen LogP contribution is -1.94. The second kappa shape index (κ2) is 3.64. The molecule has 72 valence electrons. The molecule has 0 amide bonds. The Hall–Kier alpha value is -0.610. The van der Waals surface area contributed by atoms with E-state index in [9.17, 15) is 12.8 Å². The SMILES string of the molecule is CCc1ccc(S(=O)(=O)Cl)cc1F. The van der Waals surface area contributed by atoms with Crippen molar-refractivity contribution in [2.24, 2.45) is 0 Å². The van der Waals surface area contributed by atoms with Crippen molar-refractivity contribution in [2.75, 3.05) is 0 Å². The molecule has 1 rings (SSSR count). The van der Waals surface area contributed by atoms with E-state index in [0.29, 0.717) is 12.0 Å². The van der Waals surface area contributed by atoms with Gasteiger partial charge in [0.25, 0.3) is 9.05 Å². The summed E-state index contributed by atoms with van der Waals surface area (Å²) in [6, 6.07) is 3.65. The molecule has 0 saturated heterocycles. The summed E-state index contributed by atoms with van der Waals surface area (Å²) in [5.74, 6) is -0.538. The van der Waals surface area contributed by atoms with Crippen molar-refractivity contribution in [3.05, 3.63) is 29.6 Å². The van der Waals surface area contributed by atoms with Crippen LogP contribution in [0, 0.1) is 5.82 Å². The summed E-state index contributed by atoms with van der Waals surface area (Å²) >= 11 is 0. The predicted molar refractivity (Wildman–Crippen MR) is 48.8 cm³/mol. The van der Waals surface area contributed by atoms with Gasteiger partial charge >= 0.3 is 0 Å². The second-order valence-electron chi connectivity index (χ2n) is 2.54. The molecule has 13 heavy (non-hydrogen) atoms. The van der Waals surface area contributed by atoms with Gasteiger partial charge in [-0.1, -0.05) is 13.0 Å². The first-order chi connectivity index (χ1) is 5.95. The van der Waals surface area contributed by atoms with E-state index < -0.39 is 14.9 Å². The molecule has 0 N–H and O–H groups in total. The van der Waals surface area contributed by atoms with E-state index in [-0.39, 0.29) is 4.90 Å². The average molecular weight is 223 g/mol. The molecule has 1 aromatic carbocycles. The number of hydrogen-bond acceptors (Lipinski definition) is 2. The Kier molecular flexibility index (Phi) is 2.93. The van der Waals surface area contributed by atoms with Crippen molar-refractivity contribution in [3.8, 4) is 0 Å². The van der Waals surface area contributed by atoms with Gasteiger partial charge in [-0.25, -0.2) is 12.8 Å². The Labute approximate surface area is 80.8 Å². The molecule has 0 aliphatic rings. The predicted octanol–water partition coefficient (Wildman–Crippen LogP) is 2.32. The highest BCUT2D eigenvalue weighted by molar-refractivity contribution is 8.13. The van der Waals surface area contributed by atoms with E-state index in [4.69, 9.17) is 10.7 Å². The van der Waals surface area contributed by atoms with Crippen molar-refractivity contribution in [2.45, 2.75) is 18.2 Å². The first kappa shape index (κ1) is 10.5. The maximum Gasteiger partial charge on any atom is 0.261 e. The van der Waals surface area contributed by atoms with Gasteiger partial charge in [-0.3, -0.25) is 0 Å². The van der Waals surface area contributed by atoms with Crippen LogP contribution in [0.4, 0.5) is 4.39 Å². The monoisotopic (exact) mass is 222 g/mol. The Morgan fingerprint density at radius 2 is 2.08 bits per heavy atom. The van der Waals surface area contributed by atoms with Gasteiger partial charge in [0.1, 0.15) is 5.82 Å². The number of halogens is 2. The maximum absolute atomic E-state index is 13.1. The van der Waals surface area contributed by atoms with Crippen LogP contribution in [0.3, 0.4) is 0 Å². The lowest BCUT2D eigenvalue weighted by atomic mass is 10.2. The molecule has 0 saturated carbocycles. The molecule has 0 heterocycles. The molecule has 0 fully saturated rings. The highest BCUT2D eigenvalue weighted by Gasteiger charge is 2.11. The van der Waals surface area contributed by atoms with Crippen LogP contribution in [-0.2, 0) is 15.5 Å². The van der Waals surface area contributed by atoms with Crippen LogP contribution in [0.15, 0.2) is 23.1 Å². The Balaban J connectivity index is 3.26. The van der Waals surface area contributed by atoms with Crippen molar-refractivity contribution in [1.82, 2.24) is 0 Å². The zero-order valence-corrected chi connectivity index (χ0v) is 8.49. The van der Waals surface area contributed by atoms with E-state index in [1.54, 1.807) is 6.92 Å². The van der Waals surface area contributed by atoms with Gasteiger partial charge in [-0.05, 0) is 24.1 Å². The second-order valence-corrected chi connectivity index (χ2v) is 5.11.